The van der Waals surface area contributed by atoms with Crippen LogP contribution in [0.2, 0.25) is 0 Å². The molecule has 2 aromatic rings. The van der Waals surface area contributed by atoms with Gasteiger partial charge in [-0.3, -0.25) is 4.79 Å². The molecule has 3 heteroatoms. The average Bonchev–Trinajstić information content (AvgIpc) is 2.48. The lowest BCUT2D eigenvalue weighted by atomic mass is 10.1. The molecule has 0 aliphatic heterocycles. The summed E-state index contributed by atoms with van der Waals surface area (Å²) in [5.41, 5.74) is 9.97. The Labute approximate surface area is 119 Å². The fourth-order valence-corrected chi connectivity index (χ4v) is 1.95. The molecule has 0 heterocycles. The van der Waals surface area contributed by atoms with Crippen molar-refractivity contribution in [2.75, 3.05) is 0 Å². The van der Waals surface area contributed by atoms with Crippen molar-refractivity contribution in [2.45, 2.75) is 26.4 Å². The summed E-state index contributed by atoms with van der Waals surface area (Å²) in [5.74, 6) is 0.0387. The maximum atomic E-state index is 11.9. The van der Waals surface area contributed by atoms with Gasteiger partial charge in [-0.1, -0.05) is 54.1 Å². The molecule has 0 aliphatic carbocycles. The fraction of sp³-hybridized carbons (Fsp3) is 0.235. The quantitative estimate of drug-likeness (QED) is 0.874. The topological polar surface area (TPSA) is 55.1 Å². The number of carbonyl (C=O) groups is 1. The summed E-state index contributed by atoms with van der Waals surface area (Å²) < 4.78 is 0. The van der Waals surface area contributed by atoms with E-state index >= 15 is 0 Å². The molecule has 0 aromatic heterocycles. The Morgan fingerprint density at radius 2 is 1.50 bits per heavy atom. The highest BCUT2D eigenvalue weighted by Crippen LogP contribution is 2.05. The minimum absolute atomic E-state index is 0.0387. The second-order valence-electron chi connectivity index (χ2n) is 4.96. The molecule has 0 saturated heterocycles. The molecule has 0 unspecified atom stereocenters. The van der Waals surface area contributed by atoms with Gasteiger partial charge in [0.25, 0.3) is 0 Å². The smallest absolute Gasteiger partial charge is 0.224 e. The molecule has 104 valence electrons. The van der Waals surface area contributed by atoms with Crippen molar-refractivity contribution < 1.29 is 4.79 Å². The number of hydrogen-bond acceptors (Lipinski definition) is 2. The summed E-state index contributed by atoms with van der Waals surface area (Å²) >= 11 is 0. The first-order chi connectivity index (χ1) is 9.67. The van der Waals surface area contributed by atoms with Gasteiger partial charge in [0.1, 0.15) is 0 Å². The number of benzene rings is 2. The molecule has 20 heavy (non-hydrogen) atoms. The van der Waals surface area contributed by atoms with Crippen LogP contribution in [0.15, 0.2) is 48.5 Å². The van der Waals surface area contributed by atoms with Crippen LogP contribution in [0.5, 0.6) is 0 Å². The van der Waals surface area contributed by atoms with E-state index in [1.54, 1.807) is 0 Å². The van der Waals surface area contributed by atoms with Crippen LogP contribution in [0.4, 0.5) is 0 Å². The van der Waals surface area contributed by atoms with Crippen LogP contribution in [-0.2, 0) is 24.3 Å². The third-order valence-corrected chi connectivity index (χ3v) is 3.23. The molecule has 3 N–H and O–H groups in total. The highest BCUT2D eigenvalue weighted by Gasteiger charge is 2.03. The molecule has 0 aliphatic rings. The van der Waals surface area contributed by atoms with Gasteiger partial charge in [-0.05, 0) is 23.6 Å². The standard InChI is InChI=1S/C17H20N2O/c1-13-2-4-14(5-3-13)10-17(20)19-12-16-8-6-15(11-18)7-9-16/h2-9H,10-12,18H2,1H3,(H,19,20). The van der Waals surface area contributed by atoms with E-state index in [9.17, 15) is 4.79 Å². The van der Waals surface area contributed by atoms with Crippen molar-refractivity contribution >= 4 is 5.91 Å². The van der Waals surface area contributed by atoms with E-state index in [-0.39, 0.29) is 5.91 Å². The summed E-state index contributed by atoms with van der Waals surface area (Å²) in [6.45, 7) is 3.13. The Kier molecular flexibility index (Phi) is 4.91. The average molecular weight is 268 g/mol. The highest BCUT2D eigenvalue weighted by molar-refractivity contribution is 5.78. The van der Waals surface area contributed by atoms with Crippen LogP contribution in [0, 0.1) is 6.92 Å². The zero-order valence-electron chi connectivity index (χ0n) is 11.7. The number of amides is 1. The Morgan fingerprint density at radius 1 is 0.950 bits per heavy atom. The van der Waals surface area contributed by atoms with Crippen molar-refractivity contribution in [3.8, 4) is 0 Å². The van der Waals surface area contributed by atoms with Gasteiger partial charge in [0.05, 0.1) is 6.42 Å². The van der Waals surface area contributed by atoms with Gasteiger partial charge < -0.3 is 11.1 Å². The van der Waals surface area contributed by atoms with E-state index in [4.69, 9.17) is 5.73 Å². The predicted octanol–water partition coefficient (Wildman–Crippen LogP) is 2.31. The van der Waals surface area contributed by atoms with Crippen molar-refractivity contribution in [2.24, 2.45) is 5.73 Å². The lowest BCUT2D eigenvalue weighted by Gasteiger charge is -2.06. The maximum absolute atomic E-state index is 11.9. The van der Waals surface area contributed by atoms with Crippen LogP contribution in [0.3, 0.4) is 0 Å². The molecular formula is C17H20N2O. The van der Waals surface area contributed by atoms with Crippen molar-refractivity contribution in [1.82, 2.24) is 5.32 Å². The molecule has 3 nitrogen and oxygen atoms in total. The molecule has 1 amide bonds. The van der Waals surface area contributed by atoms with Gasteiger partial charge in [0.15, 0.2) is 0 Å². The molecule has 0 atom stereocenters. The van der Waals surface area contributed by atoms with Crippen molar-refractivity contribution in [1.29, 1.82) is 0 Å². The largest absolute Gasteiger partial charge is 0.352 e. The number of aryl methyl sites for hydroxylation is 1. The van der Waals surface area contributed by atoms with E-state index < -0.39 is 0 Å². The van der Waals surface area contributed by atoms with Crippen LogP contribution >= 0.6 is 0 Å². The first-order valence-electron chi connectivity index (χ1n) is 6.77. The van der Waals surface area contributed by atoms with E-state index in [0.29, 0.717) is 19.5 Å². The lowest BCUT2D eigenvalue weighted by molar-refractivity contribution is -0.120. The molecule has 0 fully saturated rings. The minimum atomic E-state index is 0.0387. The van der Waals surface area contributed by atoms with Gasteiger partial charge in [-0.25, -0.2) is 0 Å². The summed E-state index contributed by atoms with van der Waals surface area (Å²) in [5, 5.41) is 2.93. The van der Waals surface area contributed by atoms with Gasteiger partial charge >= 0.3 is 0 Å². The molecular weight excluding hydrogens is 248 g/mol. The van der Waals surface area contributed by atoms with E-state index in [2.05, 4.69) is 5.32 Å². The van der Waals surface area contributed by atoms with Gasteiger partial charge in [-0.15, -0.1) is 0 Å². The second-order valence-corrected chi connectivity index (χ2v) is 4.96. The molecule has 0 spiro atoms. The SMILES string of the molecule is Cc1ccc(CC(=O)NCc2ccc(CN)cc2)cc1. The van der Waals surface area contributed by atoms with E-state index in [0.717, 1.165) is 16.7 Å². The van der Waals surface area contributed by atoms with Crippen molar-refractivity contribution in [3.05, 3.63) is 70.8 Å². The fourth-order valence-electron chi connectivity index (χ4n) is 1.95. The summed E-state index contributed by atoms with van der Waals surface area (Å²) in [6.07, 6.45) is 0.418. The van der Waals surface area contributed by atoms with E-state index in [1.807, 2.05) is 55.5 Å². The monoisotopic (exact) mass is 268 g/mol. The number of rotatable bonds is 5. The minimum Gasteiger partial charge on any atom is -0.352 e. The zero-order chi connectivity index (χ0) is 14.4. The number of nitrogens with two attached hydrogens (primary N) is 1. The Balaban J connectivity index is 1.83. The van der Waals surface area contributed by atoms with Crippen LogP contribution in [-0.4, -0.2) is 5.91 Å². The second kappa shape index (κ2) is 6.87. The van der Waals surface area contributed by atoms with Crippen LogP contribution in [0.25, 0.3) is 0 Å². The molecule has 0 radical (unpaired) electrons. The van der Waals surface area contributed by atoms with Crippen LogP contribution < -0.4 is 11.1 Å². The normalized spacial score (nSPS) is 10.3. The third-order valence-electron chi connectivity index (χ3n) is 3.23. The maximum Gasteiger partial charge on any atom is 0.224 e. The van der Waals surface area contributed by atoms with E-state index in [1.165, 1.54) is 5.56 Å². The molecule has 0 bridgehead atoms. The number of carbonyl (C=O) groups excluding carboxylic acids is 1. The van der Waals surface area contributed by atoms with Gasteiger partial charge in [0.2, 0.25) is 5.91 Å². The number of nitrogens with one attached hydrogen (secondary N) is 1. The predicted molar refractivity (Wildman–Crippen MR) is 81.1 cm³/mol. The summed E-state index contributed by atoms with van der Waals surface area (Å²) in [6, 6.07) is 16.0. The Bertz CT molecular complexity index is 559. The Morgan fingerprint density at radius 3 is 2.10 bits per heavy atom. The zero-order valence-corrected chi connectivity index (χ0v) is 11.7. The molecule has 0 saturated carbocycles. The van der Waals surface area contributed by atoms with Gasteiger partial charge in [-0.2, -0.15) is 0 Å². The first kappa shape index (κ1) is 14.3. The third kappa shape index (κ3) is 4.21. The van der Waals surface area contributed by atoms with Gasteiger partial charge in [0, 0.05) is 13.1 Å². The highest BCUT2D eigenvalue weighted by atomic mass is 16.1. The summed E-state index contributed by atoms with van der Waals surface area (Å²) in [4.78, 5) is 11.9. The molecule has 2 aromatic carbocycles. The van der Waals surface area contributed by atoms with Crippen molar-refractivity contribution in [3.63, 3.8) is 0 Å². The van der Waals surface area contributed by atoms with Crippen LogP contribution in [0.1, 0.15) is 22.3 Å². The number of hydrogen-bond donors (Lipinski definition) is 2. The summed E-state index contributed by atoms with van der Waals surface area (Å²) in [7, 11) is 0. The molecule has 2 rings (SSSR count). The first-order valence-corrected chi connectivity index (χ1v) is 6.77. The Hall–Kier alpha value is -2.13. The lowest BCUT2D eigenvalue weighted by Crippen LogP contribution is -2.24.